The third kappa shape index (κ3) is 5.27. The zero-order chi connectivity index (χ0) is 37.4. The standard InChI is InChI=1S/C44H41N5O5/c1-27-39(43(2,3)53)37(23-24-47-26-34(45-46-47)40(50)30-11-5-4-6-12-30)54-44(27)33-16-7-8-17-35(33)48(42(44)52)25-28-19-21-31(22-20-28)49-36-18-10-14-29-13-9-15-32(38(29)36)41(49)51/h4-22,26-27,37,39-40,50,53H,23-25H2,1-3H3/t27-,37+,39-,40+,44+/m0/s1. The Kier molecular flexibility index (Phi) is 8.04. The molecule has 1 spiro atoms. The van der Waals surface area contributed by atoms with Gasteiger partial charge in [-0.05, 0) is 67.1 Å². The Morgan fingerprint density at radius 2 is 1.57 bits per heavy atom. The molecule has 1 saturated heterocycles. The van der Waals surface area contributed by atoms with Crippen molar-refractivity contribution in [3.05, 3.63) is 149 Å². The summed E-state index contributed by atoms with van der Waals surface area (Å²) in [5, 5.41) is 32.9. The summed E-state index contributed by atoms with van der Waals surface area (Å²) in [4.78, 5) is 32.0. The number of aromatic nitrogens is 3. The van der Waals surface area contributed by atoms with Crippen LogP contribution >= 0.6 is 0 Å². The molecule has 54 heavy (non-hydrogen) atoms. The maximum absolute atomic E-state index is 14.9. The summed E-state index contributed by atoms with van der Waals surface area (Å²) in [6, 6.07) is 36.6. The SMILES string of the molecule is C[C@H]1[C@H](C(C)(C)O)[C@@H](CCn2cc([C@H](O)c3ccccc3)nn2)O[C@]12C(=O)N(Cc1ccc(N3C(=O)c4cccc5cccc3c45)cc1)c1ccccc12. The van der Waals surface area contributed by atoms with Crippen LogP contribution in [0.15, 0.2) is 121 Å². The van der Waals surface area contributed by atoms with E-state index in [9.17, 15) is 19.8 Å². The van der Waals surface area contributed by atoms with Crippen molar-refractivity contribution in [2.45, 2.75) is 63.7 Å². The van der Waals surface area contributed by atoms with E-state index >= 15 is 0 Å². The Balaban J connectivity index is 0.970. The van der Waals surface area contributed by atoms with Crippen molar-refractivity contribution >= 4 is 39.6 Å². The molecule has 9 rings (SSSR count). The third-order valence-corrected chi connectivity index (χ3v) is 11.6. The lowest BCUT2D eigenvalue weighted by atomic mass is 9.71. The van der Waals surface area contributed by atoms with E-state index in [4.69, 9.17) is 4.74 Å². The lowest BCUT2D eigenvalue weighted by Crippen LogP contribution is -2.46. The van der Waals surface area contributed by atoms with Crippen molar-refractivity contribution in [2.24, 2.45) is 11.8 Å². The monoisotopic (exact) mass is 719 g/mol. The lowest BCUT2D eigenvalue weighted by molar-refractivity contribution is -0.146. The van der Waals surface area contributed by atoms with E-state index in [1.165, 1.54) is 0 Å². The molecule has 6 aromatic rings. The summed E-state index contributed by atoms with van der Waals surface area (Å²) < 4.78 is 8.64. The second-order valence-electron chi connectivity index (χ2n) is 15.3. The molecule has 0 bridgehead atoms. The van der Waals surface area contributed by atoms with Crippen molar-refractivity contribution in [1.82, 2.24) is 15.0 Å². The molecule has 272 valence electrons. The van der Waals surface area contributed by atoms with Crippen LogP contribution in [0.1, 0.15) is 66.0 Å². The van der Waals surface area contributed by atoms with E-state index in [0.717, 1.165) is 44.5 Å². The lowest BCUT2D eigenvalue weighted by Gasteiger charge is -2.34. The number of anilines is 3. The smallest absolute Gasteiger partial charge is 0.264 e. The maximum Gasteiger partial charge on any atom is 0.264 e. The number of carbonyl (C=O) groups is 2. The van der Waals surface area contributed by atoms with Crippen LogP contribution in [0.3, 0.4) is 0 Å². The molecule has 1 aromatic heterocycles. The first kappa shape index (κ1) is 34.1. The minimum absolute atomic E-state index is 0.0579. The number of hydrogen-bond donors (Lipinski definition) is 2. The fourth-order valence-electron chi connectivity index (χ4n) is 9.18. The largest absolute Gasteiger partial charge is 0.390 e. The van der Waals surface area contributed by atoms with Crippen LogP contribution in [0, 0.1) is 11.8 Å². The molecular weight excluding hydrogens is 679 g/mol. The second kappa shape index (κ2) is 12.7. The molecule has 5 aromatic carbocycles. The summed E-state index contributed by atoms with van der Waals surface area (Å²) in [6.07, 6.45) is 0.816. The highest BCUT2D eigenvalue weighted by molar-refractivity contribution is 6.27. The molecule has 0 saturated carbocycles. The van der Waals surface area contributed by atoms with Gasteiger partial charge in [0.25, 0.3) is 11.8 Å². The first-order valence-corrected chi connectivity index (χ1v) is 18.5. The van der Waals surface area contributed by atoms with Crippen LogP contribution in [-0.2, 0) is 28.2 Å². The average molecular weight is 720 g/mol. The van der Waals surface area contributed by atoms with Gasteiger partial charge in [0.1, 0.15) is 11.8 Å². The Morgan fingerprint density at radius 1 is 0.870 bits per heavy atom. The van der Waals surface area contributed by atoms with Gasteiger partial charge in [0.05, 0.1) is 41.4 Å². The molecule has 1 fully saturated rings. The summed E-state index contributed by atoms with van der Waals surface area (Å²) in [5.41, 5.74) is 3.51. The molecule has 0 radical (unpaired) electrons. The molecule has 2 N–H and O–H groups in total. The van der Waals surface area contributed by atoms with Crippen LogP contribution in [0.5, 0.6) is 0 Å². The van der Waals surface area contributed by atoms with Crippen LogP contribution < -0.4 is 9.80 Å². The Bertz CT molecular complexity index is 2400. The van der Waals surface area contributed by atoms with Crippen LogP contribution in [0.25, 0.3) is 10.8 Å². The number of hydrogen-bond acceptors (Lipinski definition) is 7. The molecule has 3 aliphatic rings. The zero-order valence-corrected chi connectivity index (χ0v) is 30.3. The fourth-order valence-corrected chi connectivity index (χ4v) is 9.18. The van der Waals surface area contributed by atoms with E-state index in [2.05, 4.69) is 10.3 Å². The van der Waals surface area contributed by atoms with Gasteiger partial charge in [-0.2, -0.15) is 0 Å². The summed E-state index contributed by atoms with van der Waals surface area (Å²) in [6.45, 7) is 6.29. The van der Waals surface area contributed by atoms with Crippen molar-refractivity contribution in [3.8, 4) is 0 Å². The molecular formula is C44H41N5O5. The molecule has 10 heteroatoms. The summed E-state index contributed by atoms with van der Waals surface area (Å²) in [5.74, 6) is -0.959. The highest BCUT2D eigenvalue weighted by Gasteiger charge is 2.65. The minimum atomic E-state index is -1.30. The first-order chi connectivity index (χ1) is 26.1. The predicted molar refractivity (Wildman–Crippen MR) is 205 cm³/mol. The van der Waals surface area contributed by atoms with Gasteiger partial charge in [-0.25, -0.2) is 0 Å². The number of ether oxygens (including phenoxy) is 1. The van der Waals surface area contributed by atoms with Crippen LogP contribution in [0.4, 0.5) is 17.1 Å². The number of carbonyl (C=O) groups excluding carboxylic acids is 2. The Hall–Kier alpha value is -5.68. The number of amides is 2. The fraction of sp³-hybridized carbons (Fsp3) is 0.273. The van der Waals surface area contributed by atoms with Crippen LogP contribution in [0.2, 0.25) is 0 Å². The van der Waals surface area contributed by atoms with Crippen molar-refractivity contribution < 1.29 is 24.5 Å². The van der Waals surface area contributed by atoms with Crippen molar-refractivity contribution in [1.29, 1.82) is 0 Å². The molecule has 3 aliphatic heterocycles. The molecule has 2 amide bonds. The molecule has 5 atom stereocenters. The van der Waals surface area contributed by atoms with E-state index in [1.807, 2.05) is 122 Å². The highest BCUT2D eigenvalue weighted by atomic mass is 16.5. The van der Waals surface area contributed by atoms with E-state index in [0.29, 0.717) is 30.8 Å². The Morgan fingerprint density at radius 3 is 2.33 bits per heavy atom. The van der Waals surface area contributed by atoms with E-state index in [1.54, 1.807) is 34.5 Å². The first-order valence-electron chi connectivity index (χ1n) is 18.5. The number of aliphatic hydroxyl groups is 2. The number of nitrogens with zero attached hydrogens (tertiary/aromatic N) is 5. The number of fused-ring (bicyclic) bond motifs is 2. The van der Waals surface area contributed by atoms with Gasteiger partial charge in [-0.15, -0.1) is 5.10 Å². The third-order valence-electron chi connectivity index (χ3n) is 11.6. The van der Waals surface area contributed by atoms with Crippen molar-refractivity contribution in [3.63, 3.8) is 0 Å². The zero-order valence-electron chi connectivity index (χ0n) is 30.3. The van der Waals surface area contributed by atoms with E-state index in [-0.39, 0.29) is 23.7 Å². The van der Waals surface area contributed by atoms with Gasteiger partial charge in [-0.1, -0.05) is 97.1 Å². The van der Waals surface area contributed by atoms with Crippen molar-refractivity contribution in [2.75, 3.05) is 9.80 Å². The summed E-state index contributed by atoms with van der Waals surface area (Å²) in [7, 11) is 0. The maximum atomic E-state index is 14.9. The highest BCUT2D eigenvalue weighted by Crippen LogP contribution is 2.58. The number of benzene rings is 5. The predicted octanol–water partition coefficient (Wildman–Crippen LogP) is 7.06. The van der Waals surface area contributed by atoms with E-state index < -0.39 is 23.4 Å². The quantitative estimate of drug-likeness (QED) is 0.164. The van der Waals surface area contributed by atoms with Crippen LogP contribution in [-0.4, -0.2) is 48.7 Å². The van der Waals surface area contributed by atoms with Gasteiger partial charge in [0, 0.05) is 35.0 Å². The van der Waals surface area contributed by atoms with Gasteiger partial charge < -0.3 is 19.8 Å². The topological polar surface area (TPSA) is 121 Å². The molecule has 0 unspecified atom stereocenters. The van der Waals surface area contributed by atoms with Gasteiger partial charge >= 0.3 is 0 Å². The average Bonchev–Trinajstić information content (AvgIpc) is 3.91. The number of rotatable bonds is 9. The number of aliphatic hydroxyl groups excluding tert-OH is 1. The molecule has 10 nitrogen and oxygen atoms in total. The normalized spacial score (nSPS) is 22.5. The van der Waals surface area contributed by atoms with Gasteiger partial charge in [0.15, 0.2) is 5.60 Å². The minimum Gasteiger partial charge on any atom is -0.390 e. The van der Waals surface area contributed by atoms with Gasteiger partial charge in [0.2, 0.25) is 0 Å². The Labute approximate surface area is 313 Å². The van der Waals surface area contributed by atoms with Gasteiger partial charge in [-0.3, -0.25) is 19.2 Å². The molecule has 4 heterocycles. The number of para-hydroxylation sites is 1. The number of aryl methyl sites for hydroxylation is 1. The second-order valence-corrected chi connectivity index (χ2v) is 15.3. The molecule has 0 aliphatic carbocycles. The summed E-state index contributed by atoms with van der Waals surface area (Å²) >= 11 is 0.